The van der Waals surface area contributed by atoms with Crippen LogP contribution in [0.5, 0.6) is 0 Å². The molecule has 128 valence electrons. The van der Waals surface area contributed by atoms with E-state index in [1.165, 1.54) is 18.2 Å². The van der Waals surface area contributed by atoms with E-state index in [4.69, 9.17) is 0 Å². The normalized spacial score (nSPS) is 24.2. The number of fused-ring (bicyclic) bond motifs is 3. The molecule has 1 fully saturated rings. The van der Waals surface area contributed by atoms with E-state index in [2.05, 4.69) is 16.8 Å². The van der Waals surface area contributed by atoms with Crippen LogP contribution < -0.4 is 0 Å². The number of hydrogen-bond donors (Lipinski definition) is 1. The second kappa shape index (κ2) is 6.23. The number of carbonyl (C=O) groups is 1. The number of amides is 1. The van der Waals surface area contributed by atoms with E-state index in [1.807, 2.05) is 0 Å². The fourth-order valence-corrected chi connectivity index (χ4v) is 4.55. The number of aryl methyl sites for hydroxylation is 1. The molecule has 2 aliphatic rings. The maximum absolute atomic E-state index is 13.6. The minimum Gasteiger partial charge on any atom is -0.358 e. The zero-order valence-electron chi connectivity index (χ0n) is 14.3. The average Bonchev–Trinajstić information content (AvgIpc) is 2.98. The summed E-state index contributed by atoms with van der Waals surface area (Å²) in [6.45, 7) is 3.08. The van der Waals surface area contributed by atoms with Crippen molar-refractivity contribution in [1.82, 2.24) is 9.88 Å². The molecule has 1 aliphatic heterocycles. The van der Waals surface area contributed by atoms with Gasteiger partial charge in [-0.2, -0.15) is 0 Å². The van der Waals surface area contributed by atoms with E-state index in [0.29, 0.717) is 11.9 Å². The minimum atomic E-state index is -0.208. The van der Waals surface area contributed by atoms with Crippen LogP contribution in [0, 0.1) is 11.7 Å². The van der Waals surface area contributed by atoms with Gasteiger partial charge in [-0.25, -0.2) is 4.39 Å². The van der Waals surface area contributed by atoms with E-state index in [1.54, 1.807) is 12.1 Å². The molecule has 2 heterocycles. The van der Waals surface area contributed by atoms with Gasteiger partial charge in [0.05, 0.1) is 0 Å². The highest BCUT2D eigenvalue weighted by molar-refractivity contribution is 5.87. The van der Waals surface area contributed by atoms with Gasteiger partial charge in [0.15, 0.2) is 0 Å². The number of H-pyrrole nitrogens is 1. The van der Waals surface area contributed by atoms with Crippen LogP contribution in [-0.2, 0) is 17.6 Å². The third-order valence-corrected chi connectivity index (χ3v) is 5.88. The van der Waals surface area contributed by atoms with E-state index in [0.717, 1.165) is 61.5 Å². The average molecular weight is 328 g/mol. The van der Waals surface area contributed by atoms with Crippen molar-refractivity contribution in [3.8, 4) is 0 Å². The summed E-state index contributed by atoms with van der Waals surface area (Å²) in [6, 6.07) is 5.31. The Kier molecular flexibility index (Phi) is 4.07. The van der Waals surface area contributed by atoms with Crippen LogP contribution in [0.15, 0.2) is 18.2 Å². The van der Waals surface area contributed by atoms with Crippen molar-refractivity contribution in [3.05, 3.63) is 35.3 Å². The van der Waals surface area contributed by atoms with Crippen molar-refractivity contribution < 1.29 is 9.18 Å². The largest absolute Gasteiger partial charge is 0.358 e. The second-order valence-corrected chi connectivity index (χ2v) is 7.30. The number of piperidine rings is 1. The molecular weight excluding hydrogens is 303 g/mol. The number of benzene rings is 1. The van der Waals surface area contributed by atoms with Crippen molar-refractivity contribution in [3.63, 3.8) is 0 Å². The Morgan fingerprint density at radius 1 is 1.33 bits per heavy atom. The summed E-state index contributed by atoms with van der Waals surface area (Å²) in [5.41, 5.74) is 3.32. The molecule has 1 N–H and O–H groups in total. The van der Waals surface area contributed by atoms with Crippen LogP contribution in [0.2, 0.25) is 0 Å². The number of aromatic nitrogens is 1. The first-order valence-corrected chi connectivity index (χ1v) is 9.27. The van der Waals surface area contributed by atoms with Gasteiger partial charge < -0.3 is 9.88 Å². The number of rotatable bonds is 2. The number of likely N-dealkylation sites (tertiary alicyclic amines) is 1. The van der Waals surface area contributed by atoms with Gasteiger partial charge in [0, 0.05) is 35.1 Å². The predicted molar refractivity (Wildman–Crippen MR) is 93.4 cm³/mol. The molecule has 24 heavy (non-hydrogen) atoms. The number of halogens is 1. The Hall–Kier alpha value is -1.84. The van der Waals surface area contributed by atoms with E-state index in [9.17, 15) is 9.18 Å². The Labute approximate surface area is 142 Å². The Morgan fingerprint density at radius 3 is 3.04 bits per heavy atom. The molecule has 1 aromatic carbocycles. The lowest BCUT2D eigenvalue weighted by Gasteiger charge is -2.38. The van der Waals surface area contributed by atoms with Crippen molar-refractivity contribution in [2.45, 2.75) is 57.9 Å². The molecule has 1 aliphatic carbocycles. The molecule has 2 aromatic rings. The number of nitrogens with one attached hydrogen (secondary N) is 1. The summed E-state index contributed by atoms with van der Waals surface area (Å²) in [6.07, 6.45) is 7.06. The summed E-state index contributed by atoms with van der Waals surface area (Å²) < 4.78 is 13.6. The first kappa shape index (κ1) is 15.7. The molecule has 0 spiro atoms. The topological polar surface area (TPSA) is 36.1 Å². The van der Waals surface area contributed by atoms with E-state index in [-0.39, 0.29) is 11.7 Å². The third kappa shape index (κ3) is 2.62. The van der Waals surface area contributed by atoms with Crippen molar-refractivity contribution >= 4 is 16.8 Å². The van der Waals surface area contributed by atoms with Crippen molar-refractivity contribution in [1.29, 1.82) is 0 Å². The first-order valence-electron chi connectivity index (χ1n) is 9.27. The van der Waals surface area contributed by atoms with Crippen LogP contribution in [0.3, 0.4) is 0 Å². The SMILES string of the molecule is CCC1CCCCN1C(=O)C1CCc2[nH]c3ccc(F)cc3c2C1. The number of carbonyl (C=O) groups excluding carboxylic acids is 1. The van der Waals surface area contributed by atoms with Crippen LogP contribution in [0.25, 0.3) is 10.9 Å². The molecule has 0 bridgehead atoms. The maximum atomic E-state index is 13.6. The van der Waals surface area contributed by atoms with E-state index >= 15 is 0 Å². The lowest BCUT2D eigenvalue weighted by atomic mass is 9.84. The van der Waals surface area contributed by atoms with Crippen LogP contribution in [0.1, 0.15) is 50.3 Å². The Morgan fingerprint density at radius 2 is 2.21 bits per heavy atom. The summed E-state index contributed by atoms with van der Waals surface area (Å²) in [7, 11) is 0. The smallest absolute Gasteiger partial charge is 0.226 e. The third-order valence-electron chi connectivity index (χ3n) is 5.88. The summed E-state index contributed by atoms with van der Waals surface area (Å²) in [4.78, 5) is 18.6. The van der Waals surface area contributed by atoms with Gasteiger partial charge in [-0.15, -0.1) is 0 Å². The van der Waals surface area contributed by atoms with Crippen LogP contribution >= 0.6 is 0 Å². The van der Waals surface area contributed by atoms with Crippen LogP contribution in [0.4, 0.5) is 4.39 Å². The van der Waals surface area contributed by atoms with Gasteiger partial charge in [-0.1, -0.05) is 6.92 Å². The molecule has 3 nitrogen and oxygen atoms in total. The standard InChI is InChI=1S/C20H25FN2O/c1-2-15-5-3-4-10-23(15)20(24)13-6-8-18-16(11-13)17-12-14(21)7-9-19(17)22-18/h7,9,12-13,15,22H,2-6,8,10-11H2,1H3. The van der Waals surface area contributed by atoms with Crippen molar-refractivity contribution in [2.24, 2.45) is 5.92 Å². The van der Waals surface area contributed by atoms with Gasteiger partial charge in [-0.05, 0) is 68.7 Å². The zero-order valence-corrected chi connectivity index (χ0v) is 14.3. The van der Waals surface area contributed by atoms with Crippen molar-refractivity contribution in [2.75, 3.05) is 6.54 Å². The molecule has 2 atom stereocenters. The minimum absolute atomic E-state index is 0.0481. The monoisotopic (exact) mass is 328 g/mol. The highest BCUT2D eigenvalue weighted by Gasteiger charge is 2.33. The van der Waals surface area contributed by atoms with Crippen LogP contribution in [-0.4, -0.2) is 28.4 Å². The van der Waals surface area contributed by atoms with Gasteiger partial charge in [0.1, 0.15) is 5.82 Å². The molecule has 4 heteroatoms. The Bertz CT molecular complexity index is 766. The highest BCUT2D eigenvalue weighted by atomic mass is 19.1. The van der Waals surface area contributed by atoms with E-state index < -0.39 is 0 Å². The lowest BCUT2D eigenvalue weighted by Crippen LogP contribution is -2.47. The molecule has 2 unspecified atom stereocenters. The molecule has 1 amide bonds. The summed E-state index contributed by atoms with van der Waals surface area (Å²) in [5.74, 6) is 0.157. The molecule has 4 rings (SSSR count). The molecule has 0 saturated carbocycles. The van der Waals surface area contributed by atoms with Gasteiger partial charge in [0.2, 0.25) is 5.91 Å². The number of nitrogens with zero attached hydrogens (tertiary/aromatic N) is 1. The zero-order chi connectivity index (χ0) is 16.7. The molecule has 1 aromatic heterocycles. The fraction of sp³-hybridized carbons (Fsp3) is 0.550. The predicted octanol–water partition coefficient (Wildman–Crippen LogP) is 4.20. The summed E-state index contributed by atoms with van der Waals surface area (Å²) in [5, 5.41) is 0.952. The molecule has 0 radical (unpaired) electrons. The second-order valence-electron chi connectivity index (χ2n) is 7.30. The fourth-order valence-electron chi connectivity index (χ4n) is 4.55. The molecular formula is C20H25FN2O. The maximum Gasteiger partial charge on any atom is 0.226 e. The number of aromatic amines is 1. The highest BCUT2D eigenvalue weighted by Crippen LogP contribution is 2.34. The summed E-state index contributed by atoms with van der Waals surface area (Å²) >= 11 is 0. The van der Waals surface area contributed by atoms with Gasteiger partial charge >= 0.3 is 0 Å². The first-order chi connectivity index (χ1) is 11.7. The van der Waals surface area contributed by atoms with Gasteiger partial charge in [-0.3, -0.25) is 4.79 Å². The lowest BCUT2D eigenvalue weighted by molar-refractivity contribution is -0.139. The Balaban J connectivity index is 1.60. The molecule has 1 saturated heterocycles. The van der Waals surface area contributed by atoms with Gasteiger partial charge in [0.25, 0.3) is 0 Å². The number of hydrogen-bond acceptors (Lipinski definition) is 1. The quantitative estimate of drug-likeness (QED) is 0.881.